The average molecular weight is 293 g/mol. The van der Waals surface area contributed by atoms with Gasteiger partial charge in [0.05, 0.1) is 6.20 Å². The van der Waals surface area contributed by atoms with E-state index in [0.29, 0.717) is 11.1 Å². The van der Waals surface area contributed by atoms with Crippen LogP contribution < -0.4 is 5.32 Å². The van der Waals surface area contributed by atoms with E-state index < -0.39 is 0 Å². The van der Waals surface area contributed by atoms with Gasteiger partial charge in [-0.05, 0) is 45.4 Å². The molecule has 0 saturated heterocycles. The third-order valence-electron chi connectivity index (χ3n) is 3.98. The molecule has 2 rings (SSSR count). The number of nitrogens with zero attached hydrogens (tertiary/aromatic N) is 2. The summed E-state index contributed by atoms with van der Waals surface area (Å²) >= 11 is 0. The molecule has 1 heterocycles. The molecular formula is C16H21F2N3. The van der Waals surface area contributed by atoms with Gasteiger partial charge in [-0.25, -0.2) is 8.78 Å². The highest BCUT2D eigenvalue weighted by Gasteiger charge is 2.18. The van der Waals surface area contributed by atoms with Crippen molar-refractivity contribution in [1.29, 1.82) is 0 Å². The molecule has 0 aliphatic carbocycles. The lowest BCUT2D eigenvalue weighted by Gasteiger charge is -2.21. The minimum atomic E-state index is -0.385. The van der Waals surface area contributed by atoms with Gasteiger partial charge >= 0.3 is 0 Å². The van der Waals surface area contributed by atoms with Crippen LogP contribution in [0.1, 0.15) is 48.3 Å². The fraction of sp³-hybridized carbons (Fsp3) is 0.438. The first-order valence-electron chi connectivity index (χ1n) is 7.01. The van der Waals surface area contributed by atoms with Gasteiger partial charge in [0.1, 0.15) is 11.6 Å². The van der Waals surface area contributed by atoms with Gasteiger partial charge in [-0.15, -0.1) is 0 Å². The van der Waals surface area contributed by atoms with Crippen LogP contribution in [-0.4, -0.2) is 9.78 Å². The minimum absolute atomic E-state index is 0.00235. The van der Waals surface area contributed by atoms with Crippen LogP contribution in [0.3, 0.4) is 0 Å². The molecule has 2 atom stereocenters. The second kappa shape index (κ2) is 5.93. The summed E-state index contributed by atoms with van der Waals surface area (Å²) < 4.78 is 29.4. The highest BCUT2D eigenvalue weighted by Crippen LogP contribution is 2.24. The van der Waals surface area contributed by atoms with E-state index in [1.165, 1.54) is 12.1 Å². The van der Waals surface area contributed by atoms with Crippen molar-refractivity contribution in [2.24, 2.45) is 7.05 Å². The number of aryl methyl sites for hydroxylation is 2. The smallest absolute Gasteiger partial charge is 0.128 e. The molecule has 0 aliphatic rings. The highest BCUT2D eigenvalue weighted by molar-refractivity contribution is 5.28. The van der Waals surface area contributed by atoms with Crippen molar-refractivity contribution < 1.29 is 8.78 Å². The Morgan fingerprint density at radius 2 is 1.67 bits per heavy atom. The number of halogens is 2. The van der Waals surface area contributed by atoms with Crippen molar-refractivity contribution in [2.75, 3.05) is 0 Å². The molecule has 0 radical (unpaired) electrons. The molecule has 3 nitrogen and oxygen atoms in total. The summed E-state index contributed by atoms with van der Waals surface area (Å²) in [5, 5.41) is 7.50. The Balaban J connectivity index is 2.20. The minimum Gasteiger partial charge on any atom is -0.303 e. The van der Waals surface area contributed by atoms with Gasteiger partial charge < -0.3 is 5.32 Å². The summed E-state index contributed by atoms with van der Waals surface area (Å²) in [5.41, 5.74) is 2.76. The molecule has 0 saturated carbocycles. The van der Waals surface area contributed by atoms with Crippen LogP contribution in [0.2, 0.25) is 0 Å². The molecule has 0 spiro atoms. The number of benzene rings is 1. The number of rotatable bonds is 4. The predicted molar refractivity (Wildman–Crippen MR) is 79.0 cm³/mol. The molecule has 1 aromatic heterocycles. The molecule has 0 fully saturated rings. The Kier molecular flexibility index (Phi) is 4.42. The maximum atomic E-state index is 14.0. The van der Waals surface area contributed by atoms with Crippen molar-refractivity contribution >= 4 is 0 Å². The summed E-state index contributed by atoms with van der Waals surface area (Å²) in [4.78, 5) is 0. The monoisotopic (exact) mass is 293 g/mol. The predicted octanol–water partition coefficient (Wildman–Crippen LogP) is 3.73. The number of hydrogen-bond donors (Lipinski definition) is 1. The fourth-order valence-electron chi connectivity index (χ4n) is 2.49. The van der Waals surface area contributed by atoms with E-state index in [1.54, 1.807) is 17.8 Å². The fourth-order valence-corrected chi connectivity index (χ4v) is 2.49. The van der Waals surface area contributed by atoms with Crippen molar-refractivity contribution in [2.45, 2.75) is 39.8 Å². The molecule has 5 heteroatoms. The number of nitrogens with one attached hydrogen (secondary N) is 1. The summed E-state index contributed by atoms with van der Waals surface area (Å²) in [6.45, 7) is 7.36. The first-order valence-corrected chi connectivity index (χ1v) is 7.01. The van der Waals surface area contributed by atoms with Crippen LogP contribution in [0, 0.1) is 25.5 Å². The molecule has 1 N–H and O–H groups in total. The maximum absolute atomic E-state index is 14.0. The summed E-state index contributed by atoms with van der Waals surface area (Å²) in [6, 6.07) is 2.21. The third-order valence-corrected chi connectivity index (χ3v) is 3.98. The van der Waals surface area contributed by atoms with Gasteiger partial charge in [0, 0.05) is 36.0 Å². The molecular weight excluding hydrogens is 272 g/mol. The lowest BCUT2D eigenvalue weighted by Crippen LogP contribution is -2.24. The second-order valence-electron chi connectivity index (χ2n) is 5.54. The van der Waals surface area contributed by atoms with E-state index in [0.717, 1.165) is 11.3 Å². The van der Waals surface area contributed by atoms with Gasteiger partial charge in [0.2, 0.25) is 0 Å². The van der Waals surface area contributed by atoms with Crippen LogP contribution in [0.4, 0.5) is 8.78 Å². The molecule has 1 aromatic carbocycles. The van der Waals surface area contributed by atoms with Gasteiger partial charge in [-0.1, -0.05) is 0 Å². The lowest BCUT2D eigenvalue weighted by atomic mass is 10.0. The largest absolute Gasteiger partial charge is 0.303 e. The van der Waals surface area contributed by atoms with E-state index in [9.17, 15) is 8.78 Å². The van der Waals surface area contributed by atoms with Gasteiger partial charge in [-0.2, -0.15) is 5.10 Å². The third kappa shape index (κ3) is 3.13. The molecule has 0 amide bonds. The first kappa shape index (κ1) is 15.6. The van der Waals surface area contributed by atoms with Crippen molar-refractivity contribution in [1.82, 2.24) is 15.1 Å². The van der Waals surface area contributed by atoms with Crippen LogP contribution >= 0.6 is 0 Å². The molecule has 2 aromatic rings. The Bertz CT molecular complexity index is 649. The first-order chi connectivity index (χ1) is 9.81. The van der Waals surface area contributed by atoms with Crippen molar-refractivity contribution in [3.8, 4) is 0 Å². The lowest BCUT2D eigenvalue weighted by molar-refractivity contribution is 0.467. The van der Waals surface area contributed by atoms with Gasteiger partial charge in [0.15, 0.2) is 0 Å². The average Bonchev–Trinajstić information content (AvgIpc) is 2.74. The van der Waals surface area contributed by atoms with E-state index in [1.807, 2.05) is 27.8 Å². The van der Waals surface area contributed by atoms with Crippen LogP contribution in [0.25, 0.3) is 0 Å². The number of hydrogen-bond acceptors (Lipinski definition) is 2. The zero-order chi connectivity index (χ0) is 15.7. The van der Waals surface area contributed by atoms with E-state index >= 15 is 0 Å². The maximum Gasteiger partial charge on any atom is 0.128 e. The van der Waals surface area contributed by atoms with E-state index in [4.69, 9.17) is 0 Å². The number of aromatic nitrogens is 2. The normalized spacial score (nSPS) is 14.2. The van der Waals surface area contributed by atoms with E-state index in [-0.39, 0.29) is 23.7 Å². The molecule has 0 aliphatic heterocycles. The Labute approximate surface area is 124 Å². The highest BCUT2D eigenvalue weighted by atomic mass is 19.1. The molecule has 21 heavy (non-hydrogen) atoms. The second-order valence-corrected chi connectivity index (χ2v) is 5.54. The summed E-state index contributed by atoms with van der Waals surface area (Å²) in [7, 11) is 1.88. The quantitative estimate of drug-likeness (QED) is 0.931. The SMILES string of the molecule is Cc1cc(F)c(C(C)NC(C)c2cnn(C)c2C)cc1F. The van der Waals surface area contributed by atoms with Crippen molar-refractivity contribution in [3.05, 3.63) is 52.3 Å². The Morgan fingerprint density at radius 1 is 1.05 bits per heavy atom. The zero-order valence-electron chi connectivity index (χ0n) is 13.0. The van der Waals surface area contributed by atoms with E-state index in [2.05, 4.69) is 10.4 Å². The van der Waals surface area contributed by atoms with Crippen LogP contribution in [0.15, 0.2) is 18.3 Å². The molecule has 114 valence electrons. The Morgan fingerprint density at radius 3 is 2.24 bits per heavy atom. The van der Waals surface area contributed by atoms with Crippen molar-refractivity contribution in [3.63, 3.8) is 0 Å². The van der Waals surface area contributed by atoms with Gasteiger partial charge in [-0.3, -0.25) is 4.68 Å². The summed E-state index contributed by atoms with van der Waals surface area (Å²) in [5.74, 6) is -0.769. The summed E-state index contributed by atoms with van der Waals surface area (Å²) in [6.07, 6.45) is 1.80. The van der Waals surface area contributed by atoms with Gasteiger partial charge in [0.25, 0.3) is 0 Å². The standard InChI is InChI=1S/C16H21F2N3/c1-9-6-16(18)13(7-15(9)17)10(2)20-11(3)14-8-19-21(5)12(14)4/h6-8,10-11,20H,1-5H3. The molecule has 0 bridgehead atoms. The van der Waals surface area contributed by atoms with Crippen LogP contribution in [-0.2, 0) is 7.05 Å². The van der Waals surface area contributed by atoms with Crippen LogP contribution in [0.5, 0.6) is 0 Å². The topological polar surface area (TPSA) is 29.9 Å². The molecule has 2 unspecified atom stereocenters. The zero-order valence-corrected chi connectivity index (χ0v) is 13.0. The Hall–Kier alpha value is -1.75.